The van der Waals surface area contributed by atoms with E-state index in [1.54, 1.807) is 17.0 Å². The van der Waals surface area contributed by atoms with Crippen LogP contribution in [0.2, 0.25) is 0 Å². The van der Waals surface area contributed by atoms with E-state index in [0.717, 1.165) is 35.0 Å². The molecular formula is C21H21FN2O2S. The molecule has 1 atom stereocenters. The molecule has 27 heavy (non-hydrogen) atoms. The molecule has 1 amide bonds. The van der Waals surface area contributed by atoms with Crippen LogP contribution < -0.4 is 4.90 Å². The summed E-state index contributed by atoms with van der Waals surface area (Å²) in [6.07, 6.45) is 2.70. The van der Waals surface area contributed by atoms with Gasteiger partial charge < -0.3 is 4.74 Å². The van der Waals surface area contributed by atoms with Gasteiger partial charge in [0.05, 0.1) is 28.4 Å². The third kappa shape index (κ3) is 3.59. The summed E-state index contributed by atoms with van der Waals surface area (Å²) in [5.74, 6) is -0.893. The van der Waals surface area contributed by atoms with Crippen molar-refractivity contribution in [3.63, 3.8) is 0 Å². The molecule has 0 saturated carbocycles. The van der Waals surface area contributed by atoms with Gasteiger partial charge in [-0.15, -0.1) is 0 Å². The SMILES string of the molecule is CCc1cccc2sc(N(CC3CCCO3)C(=O)c3ccccc3F)nc12. The molecular weight excluding hydrogens is 363 g/mol. The smallest absolute Gasteiger partial charge is 0.263 e. The molecule has 0 aliphatic carbocycles. The van der Waals surface area contributed by atoms with Crippen molar-refractivity contribution in [1.29, 1.82) is 0 Å². The summed E-state index contributed by atoms with van der Waals surface area (Å²) in [5.41, 5.74) is 2.12. The highest BCUT2D eigenvalue weighted by molar-refractivity contribution is 7.22. The summed E-state index contributed by atoms with van der Waals surface area (Å²) in [5, 5.41) is 0.592. The van der Waals surface area contributed by atoms with Crippen LogP contribution in [0, 0.1) is 5.82 Å². The first kappa shape index (κ1) is 18.1. The van der Waals surface area contributed by atoms with Crippen molar-refractivity contribution in [2.45, 2.75) is 32.3 Å². The Morgan fingerprint density at radius 3 is 2.89 bits per heavy atom. The van der Waals surface area contributed by atoms with Gasteiger partial charge in [0.2, 0.25) is 0 Å². The quantitative estimate of drug-likeness (QED) is 0.633. The summed E-state index contributed by atoms with van der Waals surface area (Å²) in [6, 6.07) is 12.2. The largest absolute Gasteiger partial charge is 0.376 e. The fraction of sp³-hybridized carbons (Fsp3) is 0.333. The number of hydrogen-bond acceptors (Lipinski definition) is 4. The molecule has 1 unspecified atom stereocenters. The third-order valence-corrected chi connectivity index (χ3v) is 5.91. The van der Waals surface area contributed by atoms with E-state index >= 15 is 0 Å². The summed E-state index contributed by atoms with van der Waals surface area (Å²) in [7, 11) is 0. The van der Waals surface area contributed by atoms with Crippen LogP contribution in [-0.2, 0) is 11.2 Å². The lowest BCUT2D eigenvalue weighted by atomic mass is 10.1. The van der Waals surface area contributed by atoms with Crippen molar-refractivity contribution < 1.29 is 13.9 Å². The maximum Gasteiger partial charge on any atom is 0.263 e. The summed E-state index contributed by atoms with van der Waals surface area (Å²) in [4.78, 5) is 19.5. The topological polar surface area (TPSA) is 42.4 Å². The number of hydrogen-bond donors (Lipinski definition) is 0. The molecule has 140 valence electrons. The van der Waals surface area contributed by atoms with E-state index in [0.29, 0.717) is 18.3 Å². The van der Waals surface area contributed by atoms with Crippen LogP contribution in [0.3, 0.4) is 0 Å². The monoisotopic (exact) mass is 384 g/mol. The molecule has 1 saturated heterocycles. The second-order valence-corrected chi connectivity index (χ2v) is 7.65. The van der Waals surface area contributed by atoms with Gasteiger partial charge in [-0.25, -0.2) is 9.37 Å². The first-order valence-corrected chi connectivity index (χ1v) is 10.1. The zero-order valence-electron chi connectivity index (χ0n) is 15.2. The molecule has 4 nitrogen and oxygen atoms in total. The summed E-state index contributed by atoms with van der Waals surface area (Å²) < 4.78 is 21.0. The number of anilines is 1. The third-order valence-electron chi connectivity index (χ3n) is 4.86. The minimum Gasteiger partial charge on any atom is -0.376 e. The lowest BCUT2D eigenvalue weighted by Gasteiger charge is -2.23. The van der Waals surface area contributed by atoms with Gasteiger partial charge in [0.15, 0.2) is 5.13 Å². The van der Waals surface area contributed by atoms with Crippen molar-refractivity contribution in [3.8, 4) is 0 Å². The average Bonchev–Trinajstić information content (AvgIpc) is 3.35. The molecule has 4 rings (SSSR count). The Hall–Kier alpha value is -2.31. The van der Waals surface area contributed by atoms with E-state index in [9.17, 15) is 9.18 Å². The average molecular weight is 384 g/mol. The normalized spacial score (nSPS) is 16.7. The predicted octanol–water partition coefficient (Wildman–Crippen LogP) is 4.82. The number of fused-ring (bicyclic) bond motifs is 1. The van der Waals surface area contributed by atoms with E-state index in [1.165, 1.54) is 23.5 Å². The Labute approximate surface area is 161 Å². The van der Waals surface area contributed by atoms with Gasteiger partial charge >= 0.3 is 0 Å². The van der Waals surface area contributed by atoms with E-state index in [1.807, 2.05) is 12.1 Å². The second-order valence-electron chi connectivity index (χ2n) is 6.64. The minimum absolute atomic E-state index is 0.0432. The number of para-hydroxylation sites is 1. The number of aromatic nitrogens is 1. The molecule has 0 radical (unpaired) electrons. The summed E-state index contributed by atoms with van der Waals surface area (Å²) in [6.45, 7) is 3.17. The van der Waals surface area contributed by atoms with E-state index in [4.69, 9.17) is 9.72 Å². The van der Waals surface area contributed by atoms with Gasteiger partial charge in [0.1, 0.15) is 5.82 Å². The number of carbonyl (C=O) groups excluding carboxylic acids is 1. The molecule has 1 aromatic heterocycles. The zero-order chi connectivity index (χ0) is 18.8. The molecule has 0 N–H and O–H groups in total. The molecule has 1 fully saturated rings. The first-order valence-electron chi connectivity index (χ1n) is 9.23. The molecule has 3 aromatic rings. The maximum atomic E-state index is 14.3. The number of benzene rings is 2. The van der Waals surface area contributed by atoms with Gasteiger partial charge in [-0.1, -0.05) is 42.5 Å². The second kappa shape index (κ2) is 7.74. The van der Waals surface area contributed by atoms with E-state index in [2.05, 4.69) is 13.0 Å². The van der Waals surface area contributed by atoms with Crippen LogP contribution in [0.25, 0.3) is 10.2 Å². The van der Waals surface area contributed by atoms with Crippen LogP contribution in [-0.4, -0.2) is 30.1 Å². The number of carbonyl (C=O) groups is 1. The Bertz CT molecular complexity index is 966. The lowest BCUT2D eigenvalue weighted by molar-refractivity contribution is 0.0914. The zero-order valence-corrected chi connectivity index (χ0v) is 16.0. The van der Waals surface area contributed by atoms with Crippen molar-refractivity contribution >= 4 is 32.6 Å². The highest BCUT2D eigenvalue weighted by Gasteiger charge is 2.28. The molecule has 0 bridgehead atoms. The van der Waals surface area contributed by atoms with Gasteiger partial charge in [0, 0.05) is 6.61 Å². The predicted molar refractivity (Wildman–Crippen MR) is 106 cm³/mol. The number of nitrogens with zero attached hydrogens (tertiary/aromatic N) is 2. The van der Waals surface area contributed by atoms with Crippen LogP contribution in [0.1, 0.15) is 35.7 Å². The highest BCUT2D eigenvalue weighted by Crippen LogP contribution is 2.33. The van der Waals surface area contributed by atoms with Crippen molar-refractivity contribution in [2.75, 3.05) is 18.1 Å². The number of halogens is 1. The number of ether oxygens (including phenoxy) is 1. The molecule has 0 spiro atoms. The number of thiazole rings is 1. The van der Waals surface area contributed by atoms with Gasteiger partial charge in [0.25, 0.3) is 5.91 Å². The van der Waals surface area contributed by atoms with Crippen molar-refractivity contribution in [2.24, 2.45) is 0 Å². The molecule has 6 heteroatoms. The molecule has 2 heterocycles. The Balaban J connectivity index is 1.75. The minimum atomic E-state index is -0.518. The van der Waals surface area contributed by atoms with Crippen LogP contribution in [0.5, 0.6) is 0 Å². The van der Waals surface area contributed by atoms with E-state index in [-0.39, 0.29) is 17.6 Å². The van der Waals surface area contributed by atoms with Gasteiger partial charge in [-0.05, 0) is 43.0 Å². The Kier molecular flexibility index (Phi) is 5.18. The number of rotatable bonds is 5. The Morgan fingerprint density at radius 2 is 2.15 bits per heavy atom. The van der Waals surface area contributed by atoms with Gasteiger partial charge in [-0.2, -0.15) is 0 Å². The number of aryl methyl sites for hydroxylation is 1. The fourth-order valence-corrected chi connectivity index (χ4v) is 4.44. The maximum absolute atomic E-state index is 14.3. The standard InChI is InChI=1S/C21H21FN2O2S/c1-2-14-7-5-11-18-19(14)23-21(27-18)24(13-15-8-6-12-26-15)20(25)16-9-3-4-10-17(16)22/h3-5,7,9-11,15H,2,6,8,12-13H2,1H3. The van der Waals surface area contributed by atoms with Crippen LogP contribution in [0.15, 0.2) is 42.5 Å². The van der Waals surface area contributed by atoms with Crippen molar-refractivity contribution in [3.05, 3.63) is 59.4 Å². The number of amides is 1. The van der Waals surface area contributed by atoms with Crippen molar-refractivity contribution in [1.82, 2.24) is 4.98 Å². The summed E-state index contributed by atoms with van der Waals surface area (Å²) >= 11 is 1.46. The van der Waals surface area contributed by atoms with Gasteiger partial charge in [-0.3, -0.25) is 9.69 Å². The Morgan fingerprint density at radius 1 is 1.30 bits per heavy atom. The van der Waals surface area contributed by atoms with Crippen LogP contribution >= 0.6 is 11.3 Å². The molecule has 1 aliphatic rings. The fourth-order valence-electron chi connectivity index (χ4n) is 3.41. The highest BCUT2D eigenvalue weighted by atomic mass is 32.1. The first-order chi connectivity index (χ1) is 13.2. The van der Waals surface area contributed by atoms with Crippen LogP contribution in [0.4, 0.5) is 9.52 Å². The molecule has 2 aromatic carbocycles. The molecule has 1 aliphatic heterocycles. The van der Waals surface area contributed by atoms with E-state index < -0.39 is 5.82 Å². The lowest BCUT2D eigenvalue weighted by Crippen LogP contribution is -2.37.